The molecule has 0 spiro atoms. The number of anilines is 2. The highest BCUT2D eigenvalue weighted by Crippen LogP contribution is 2.38. The third-order valence-electron chi connectivity index (χ3n) is 5.23. The highest BCUT2D eigenvalue weighted by Gasteiger charge is 2.33. The van der Waals surface area contributed by atoms with Crippen LogP contribution in [0.25, 0.3) is 6.08 Å². The molecule has 1 aliphatic heterocycles. The van der Waals surface area contributed by atoms with Gasteiger partial charge < -0.3 is 10.1 Å². The van der Waals surface area contributed by atoms with Gasteiger partial charge in [0.15, 0.2) is 10.9 Å². The Morgan fingerprint density at radius 1 is 1.06 bits per heavy atom. The maximum Gasteiger partial charge on any atom is 0.270 e. The zero-order valence-corrected chi connectivity index (χ0v) is 21.9. The van der Waals surface area contributed by atoms with Gasteiger partial charge in [-0.05, 0) is 66.9 Å². The Balaban J connectivity index is 1.44. The van der Waals surface area contributed by atoms with E-state index >= 15 is 0 Å². The lowest BCUT2D eigenvalue weighted by molar-refractivity contribution is -0.118. The standard InChI is InChI=1S/C26H20Cl2N2O3S2/c1-15-5-3-6-16(2)24(15)29-23(31)14-33-19-8-4-7-17(11-19)12-22-25(32)30(26(34)35-22)18-9-10-20(27)21(28)13-18/h3-13H,14H2,1-2H3,(H,29,31)/b22-12-. The van der Waals surface area contributed by atoms with Gasteiger partial charge in [0.1, 0.15) is 5.75 Å². The minimum Gasteiger partial charge on any atom is -0.484 e. The molecule has 0 unspecified atom stereocenters. The first-order valence-corrected chi connectivity index (χ1v) is 12.5. The van der Waals surface area contributed by atoms with Crippen molar-refractivity contribution in [3.8, 4) is 5.75 Å². The van der Waals surface area contributed by atoms with Crippen molar-refractivity contribution in [2.24, 2.45) is 0 Å². The van der Waals surface area contributed by atoms with E-state index in [2.05, 4.69) is 5.32 Å². The molecule has 3 aromatic rings. The Hall–Kier alpha value is -2.84. The Kier molecular flexibility index (Phi) is 7.82. The summed E-state index contributed by atoms with van der Waals surface area (Å²) in [7, 11) is 0. The average Bonchev–Trinajstić information content (AvgIpc) is 3.10. The number of rotatable bonds is 6. The van der Waals surface area contributed by atoms with Gasteiger partial charge in [0.2, 0.25) is 0 Å². The van der Waals surface area contributed by atoms with Crippen LogP contribution in [0.5, 0.6) is 5.75 Å². The molecule has 1 heterocycles. The number of thioether (sulfide) groups is 1. The van der Waals surface area contributed by atoms with E-state index < -0.39 is 0 Å². The van der Waals surface area contributed by atoms with Crippen LogP contribution in [0, 0.1) is 13.8 Å². The van der Waals surface area contributed by atoms with Gasteiger partial charge in [-0.2, -0.15) is 0 Å². The molecule has 0 aliphatic carbocycles. The van der Waals surface area contributed by atoms with Gasteiger partial charge in [-0.3, -0.25) is 14.5 Å². The number of ether oxygens (including phenoxy) is 1. The van der Waals surface area contributed by atoms with Crippen molar-refractivity contribution in [1.29, 1.82) is 0 Å². The second-order valence-corrected chi connectivity index (χ2v) is 10.3. The van der Waals surface area contributed by atoms with Crippen LogP contribution >= 0.6 is 47.2 Å². The highest BCUT2D eigenvalue weighted by molar-refractivity contribution is 8.27. The number of halogens is 2. The number of benzene rings is 3. The monoisotopic (exact) mass is 542 g/mol. The number of hydrogen-bond acceptors (Lipinski definition) is 5. The number of para-hydroxylation sites is 1. The number of amides is 2. The molecule has 0 saturated carbocycles. The Bertz CT molecular complexity index is 1350. The van der Waals surface area contributed by atoms with Gasteiger partial charge in [0, 0.05) is 5.69 Å². The summed E-state index contributed by atoms with van der Waals surface area (Å²) in [6.07, 6.45) is 1.74. The maximum atomic E-state index is 13.0. The van der Waals surface area contributed by atoms with Gasteiger partial charge in [0.05, 0.1) is 20.6 Å². The fourth-order valence-corrected chi connectivity index (χ4v) is 5.09. The van der Waals surface area contributed by atoms with Crippen molar-refractivity contribution < 1.29 is 14.3 Å². The van der Waals surface area contributed by atoms with Crippen LogP contribution in [0.1, 0.15) is 16.7 Å². The van der Waals surface area contributed by atoms with Crippen molar-refractivity contribution in [2.45, 2.75) is 13.8 Å². The van der Waals surface area contributed by atoms with Crippen LogP contribution in [-0.2, 0) is 9.59 Å². The molecule has 9 heteroatoms. The zero-order valence-electron chi connectivity index (χ0n) is 18.8. The summed E-state index contributed by atoms with van der Waals surface area (Å²) < 4.78 is 6.09. The van der Waals surface area contributed by atoms with Gasteiger partial charge >= 0.3 is 0 Å². The zero-order chi connectivity index (χ0) is 25.1. The second kappa shape index (κ2) is 10.8. The molecule has 0 bridgehead atoms. The van der Waals surface area contributed by atoms with Crippen LogP contribution in [0.3, 0.4) is 0 Å². The smallest absolute Gasteiger partial charge is 0.270 e. The molecule has 1 aliphatic rings. The van der Waals surface area contributed by atoms with Crippen molar-refractivity contribution in [3.63, 3.8) is 0 Å². The number of aryl methyl sites for hydroxylation is 2. The lowest BCUT2D eigenvalue weighted by Gasteiger charge is -2.15. The normalized spacial score (nSPS) is 14.5. The van der Waals surface area contributed by atoms with Crippen molar-refractivity contribution in [3.05, 3.63) is 92.3 Å². The van der Waals surface area contributed by atoms with Gasteiger partial charge in [-0.25, -0.2) is 0 Å². The first-order valence-electron chi connectivity index (χ1n) is 10.5. The largest absolute Gasteiger partial charge is 0.484 e. The molecule has 0 aromatic heterocycles. The van der Waals surface area contributed by atoms with Crippen molar-refractivity contribution >= 4 is 80.8 Å². The minimum atomic E-state index is -0.254. The topological polar surface area (TPSA) is 58.6 Å². The van der Waals surface area contributed by atoms with E-state index in [0.717, 1.165) is 22.4 Å². The summed E-state index contributed by atoms with van der Waals surface area (Å²) in [6.45, 7) is 3.74. The summed E-state index contributed by atoms with van der Waals surface area (Å²) in [5, 5.41) is 3.64. The lowest BCUT2D eigenvalue weighted by Crippen LogP contribution is -2.27. The second-order valence-electron chi connectivity index (χ2n) is 7.79. The third-order valence-corrected chi connectivity index (χ3v) is 7.27. The van der Waals surface area contributed by atoms with Crippen LogP contribution in [0.15, 0.2) is 65.6 Å². The summed E-state index contributed by atoms with van der Waals surface area (Å²) in [5.74, 6) is 0.00311. The number of carbonyl (C=O) groups is 2. The van der Waals surface area contributed by atoms with E-state index in [-0.39, 0.29) is 18.4 Å². The molecule has 0 radical (unpaired) electrons. The molecule has 2 amide bonds. The predicted molar refractivity (Wildman–Crippen MR) is 149 cm³/mol. The first-order chi connectivity index (χ1) is 16.7. The molecular weight excluding hydrogens is 523 g/mol. The molecule has 1 N–H and O–H groups in total. The van der Waals surface area contributed by atoms with Gasteiger partial charge in [-0.15, -0.1) is 0 Å². The fourth-order valence-electron chi connectivity index (χ4n) is 3.50. The van der Waals surface area contributed by atoms with Crippen molar-refractivity contribution in [2.75, 3.05) is 16.8 Å². The SMILES string of the molecule is Cc1cccc(C)c1NC(=O)COc1cccc(/C=C2\SC(=S)N(c3ccc(Cl)c(Cl)c3)C2=O)c1. The Labute approximate surface area is 223 Å². The predicted octanol–water partition coefficient (Wildman–Crippen LogP) is 7.03. The van der Waals surface area contributed by atoms with E-state index in [1.807, 2.05) is 38.1 Å². The summed E-state index contributed by atoms with van der Waals surface area (Å²) in [6, 6.07) is 17.9. The molecule has 1 fully saturated rings. The van der Waals surface area contributed by atoms with Gasteiger partial charge in [0.25, 0.3) is 11.8 Å². The van der Waals surface area contributed by atoms with Crippen LogP contribution in [-0.4, -0.2) is 22.7 Å². The van der Waals surface area contributed by atoms with E-state index in [0.29, 0.717) is 30.7 Å². The Morgan fingerprint density at radius 3 is 2.49 bits per heavy atom. The molecule has 35 heavy (non-hydrogen) atoms. The molecular formula is C26H20Cl2N2O3S2. The summed E-state index contributed by atoms with van der Waals surface area (Å²) >= 11 is 18.7. The van der Waals surface area contributed by atoms with Crippen molar-refractivity contribution in [1.82, 2.24) is 0 Å². The van der Waals surface area contributed by atoms with Gasteiger partial charge in [-0.1, -0.05) is 77.5 Å². The molecule has 4 rings (SSSR count). The molecule has 3 aromatic carbocycles. The Morgan fingerprint density at radius 2 is 1.77 bits per heavy atom. The fraction of sp³-hybridized carbons (Fsp3) is 0.115. The van der Waals surface area contributed by atoms with E-state index in [1.165, 1.54) is 16.7 Å². The molecule has 1 saturated heterocycles. The number of thiocarbonyl (C=S) groups is 1. The number of nitrogens with one attached hydrogen (secondary N) is 1. The summed E-state index contributed by atoms with van der Waals surface area (Å²) in [5.41, 5.74) is 4.06. The minimum absolute atomic E-state index is 0.142. The number of hydrogen-bond donors (Lipinski definition) is 1. The van der Waals surface area contributed by atoms with E-state index in [1.54, 1.807) is 42.5 Å². The lowest BCUT2D eigenvalue weighted by atomic mass is 10.1. The number of carbonyl (C=O) groups excluding carboxylic acids is 2. The van der Waals surface area contributed by atoms with E-state index in [9.17, 15) is 9.59 Å². The third kappa shape index (κ3) is 5.87. The quantitative estimate of drug-likeness (QED) is 0.267. The molecule has 178 valence electrons. The average molecular weight is 543 g/mol. The maximum absolute atomic E-state index is 13.0. The molecule has 5 nitrogen and oxygen atoms in total. The highest BCUT2D eigenvalue weighted by atomic mass is 35.5. The van der Waals surface area contributed by atoms with Crippen LogP contribution < -0.4 is 15.0 Å². The van der Waals surface area contributed by atoms with Crippen LogP contribution in [0.2, 0.25) is 10.0 Å². The van der Waals surface area contributed by atoms with Crippen LogP contribution in [0.4, 0.5) is 11.4 Å². The first kappa shape index (κ1) is 25.3. The molecule has 0 atom stereocenters. The number of nitrogens with zero attached hydrogens (tertiary/aromatic N) is 1. The van der Waals surface area contributed by atoms with E-state index in [4.69, 9.17) is 40.2 Å². The summed E-state index contributed by atoms with van der Waals surface area (Å²) in [4.78, 5) is 27.3.